The molecule has 4 rings (SSSR count). The summed E-state index contributed by atoms with van der Waals surface area (Å²) in [4.78, 5) is 33.4. The molecule has 0 spiro atoms. The number of methoxy groups -OCH3 is 1. The molecule has 0 radical (unpaired) electrons. The fourth-order valence-electron chi connectivity index (χ4n) is 4.16. The quantitative estimate of drug-likeness (QED) is 0.292. The van der Waals surface area contributed by atoms with Gasteiger partial charge in [-0.2, -0.15) is 0 Å². The topological polar surface area (TPSA) is 73.2 Å². The summed E-state index contributed by atoms with van der Waals surface area (Å²) in [5.74, 6) is -0.0983. The second kappa shape index (κ2) is 9.77. The molecule has 1 amide bonds. The van der Waals surface area contributed by atoms with Gasteiger partial charge in [0, 0.05) is 30.8 Å². The van der Waals surface area contributed by atoms with Gasteiger partial charge in [0.15, 0.2) is 5.16 Å². The van der Waals surface area contributed by atoms with E-state index >= 15 is 0 Å². The van der Waals surface area contributed by atoms with Crippen molar-refractivity contribution in [3.63, 3.8) is 0 Å². The molecule has 2 aromatic heterocycles. The Hall–Kier alpha value is -2.16. The van der Waals surface area contributed by atoms with Gasteiger partial charge in [-0.05, 0) is 63.1 Å². The summed E-state index contributed by atoms with van der Waals surface area (Å²) >= 11 is 2.97. The first-order chi connectivity index (χ1) is 15.4. The Morgan fingerprint density at radius 1 is 1.31 bits per heavy atom. The van der Waals surface area contributed by atoms with Crippen LogP contribution in [0.1, 0.15) is 41.3 Å². The highest BCUT2D eigenvalue weighted by Gasteiger charge is 2.25. The lowest BCUT2D eigenvalue weighted by Gasteiger charge is -2.17. The van der Waals surface area contributed by atoms with Gasteiger partial charge in [0.2, 0.25) is 5.91 Å². The number of thiophene rings is 1. The Morgan fingerprint density at radius 3 is 2.78 bits per heavy atom. The molecule has 3 aromatic rings. The zero-order chi connectivity index (χ0) is 22.8. The van der Waals surface area contributed by atoms with E-state index in [1.165, 1.54) is 22.2 Å². The van der Waals surface area contributed by atoms with Crippen LogP contribution in [-0.2, 0) is 28.9 Å². The zero-order valence-corrected chi connectivity index (χ0v) is 20.6. The number of thioether (sulfide) groups is 1. The highest BCUT2D eigenvalue weighted by Crippen LogP contribution is 2.36. The van der Waals surface area contributed by atoms with Gasteiger partial charge in [0.25, 0.3) is 5.56 Å². The van der Waals surface area contributed by atoms with Gasteiger partial charge in [-0.25, -0.2) is 4.98 Å². The average Bonchev–Trinajstić information content (AvgIpc) is 3.33. The number of hydrogen-bond acceptors (Lipinski definition) is 6. The molecule has 170 valence electrons. The molecule has 1 atom stereocenters. The minimum Gasteiger partial charge on any atom is -0.385 e. The van der Waals surface area contributed by atoms with E-state index in [1.807, 2.05) is 39.0 Å². The summed E-state index contributed by atoms with van der Waals surface area (Å²) in [7, 11) is 1.66. The Balaban J connectivity index is 1.64. The fraction of sp³-hybridized carbons (Fsp3) is 0.458. The fourth-order valence-corrected chi connectivity index (χ4v) is 6.40. The second-order valence-electron chi connectivity index (χ2n) is 8.25. The monoisotopic (exact) mass is 471 g/mol. The Kier molecular flexibility index (Phi) is 7.02. The molecular formula is C24H29N3O3S2. The van der Waals surface area contributed by atoms with Crippen molar-refractivity contribution in [1.82, 2.24) is 9.55 Å². The van der Waals surface area contributed by atoms with Crippen LogP contribution < -0.4 is 10.9 Å². The predicted octanol–water partition coefficient (Wildman–Crippen LogP) is 4.72. The molecule has 1 N–H and O–H groups in total. The number of nitrogens with zero attached hydrogens (tertiary/aromatic N) is 2. The number of rotatable bonds is 8. The molecular weight excluding hydrogens is 442 g/mol. The second-order valence-corrected chi connectivity index (χ2v) is 10.6. The SMILES string of the molecule is COCCCn1c(SC(C)C(=O)Nc2c(C)cccc2C)nc2sc3c(c2c1=O)CCC3. The van der Waals surface area contributed by atoms with Crippen molar-refractivity contribution in [3.8, 4) is 0 Å². The van der Waals surface area contributed by atoms with Gasteiger partial charge in [-0.1, -0.05) is 30.0 Å². The molecule has 8 heteroatoms. The third kappa shape index (κ3) is 4.49. The van der Waals surface area contributed by atoms with Crippen molar-refractivity contribution in [2.45, 2.75) is 63.4 Å². The van der Waals surface area contributed by atoms with Crippen LogP contribution in [0.5, 0.6) is 0 Å². The zero-order valence-electron chi connectivity index (χ0n) is 19.0. The van der Waals surface area contributed by atoms with Crippen LogP contribution >= 0.6 is 23.1 Å². The number of anilines is 1. The van der Waals surface area contributed by atoms with E-state index in [0.29, 0.717) is 24.7 Å². The molecule has 6 nitrogen and oxygen atoms in total. The van der Waals surface area contributed by atoms with Crippen molar-refractivity contribution in [1.29, 1.82) is 0 Å². The number of ether oxygens (including phenoxy) is 1. The van der Waals surface area contributed by atoms with Crippen molar-refractivity contribution in [2.24, 2.45) is 0 Å². The smallest absolute Gasteiger partial charge is 0.263 e. The van der Waals surface area contributed by atoms with Gasteiger partial charge < -0.3 is 10.1 Å². The van der Waals surface area contributed by atoms with Crippen molar-refractivity contribution in [3.05, 3.63) is 50.1 Å². The lowest BCUT2D eigenvalue weighted by atomic mass is 10.1. The van der Waals surface area contributed by atoms with Crippen LogP contribution in [0.15, 0.2) is 28.2 Å². The van der Waals surface area contributed by atoms with Gasteiger partial charge in [-0.15, -0.1) is 11.3 Å². The first-order valence-corrected chi connectivity index (χ1v) is 12.7. The Bertz CT molecular complexity index is 1200. The molecule has 1 unspecified atom stereocenters. The molecule has 2 heterocycles. The van der Waals surface area contributed by atoms with E-state index in [1.54, 1.807) is 23.0 Å². The maximum atomic E-state index is 13.5. The van der Waals surface area contributed by atoms with Crippen molar-refractivity contribution >= 4 is 44.9 Å². The summed E-state index contributed by atoms with van der Waals surface area (Å²) < 4.78 is 6.93. The van der Waals surface area contributed by atoms with E-state index in [-0.39, 0.29) is 11.5 Å². The highest BCUT2D eigenvalue weighted by molar-refractivity contribution is 8.00. The van der Waals surface area contributed by atoms with Crippen LogP contribution in [0.2, 0.25) is 0 Å². The van der Waals surface area contributed by atoms with Gasteiger partial charge in [0.1, 0.15) is 4.83 Å². The minimum atomic E-state index is -0.404. The predicted molar refractivity (Wildman–Crippen MR) is 132 cm³/mol. The molecule has 1 aliphatic carbocycles. The number of aryl methyl sites for hydroxylation is 4. The van der Waals surface area contributed by atoms with Crippen molar-refractivity contribution < 1.29 is 9.53 Å². The normalized spacial score (nSPS) is 14.0. The molecule has 0 bridgehead atoms. The molecule has 1 aromatic carbocycles. The average molecular weight is 472 g/mol. The van der Waals surface area contributed by atoms with E-state index < -0.39 is 5.25 Å². The number of aromatic nitrogens is 2. The maximum Gasteiger partial charge on any atom is 0.263 e. The van der Waals surface area contributed by atoms with Gasteiger partial charge in [-0.3, -0.25) is 14.2 Å². The summed E-state index contributed by atoms with van der Waals surface area (Å²) in [6, 6.07) is 5.95. The van der Waals surface area contributed by atoms with E-state index in [0.717, 1.165) is 46.3 Å². The third-order valence-electron chi connectivity index (χ3n) is 5.90. The Labute approximate surface area is 196 Å². The van der Waals surface area contributed by atoms with Crippen LogP contribution in [-0.4, -0.2) is 34.4 Å². The van der Waals surface area contributed by atoms with Gasteiger partial charge in [0.05, 0.1) is 10.6 Å². The number of carbonyl (C=O) groups is 1. The third-order valence-corrected chi connectivity index (χ3v) is 8.18. The molecule has 1 aliphatic rings. The summed E-state index contributed by atoms with van der Waals surface area (Å²) in [5, 5.41) is 4.03. The molecule has 0 saturated carbocycles. The Morgan fingerprint density at radius 2 is 2.06 bits per heavy atom. The molecule has 0 aliphatic heterocycles. The number of hydrogen-bond donors (Lipinski definition) is 1. The number of fused-ring (bicyclic) bond motifs is 3. The van der Waals surface area contributed by atoms with Crippen LogP contribution in [0.4, 0.5) is 5.69 Å². The number of carbonyl (C=O) groups excluding carboxylic acids is 1. The minimum absolute atomic E-state index is 0.00959. The maximum absolute atomic E-state index is 13.5. The van der Waals surface area contributed by atoms with Crippen LogP contribution in [0.25, 0.3) is 10.2 Å². The highest BCUT2D eigenvalue weighted by atomic mass is 32.2. The van der Waals surface area contributed by atoms with Gasteiger partial charge >= 0.3 is 0 Å². The summed E-state index contributed by atoms with van der Waals surface area (Å²) in [5.41, 5.74) is 4.09. The van der Waals surface area contributed by atoms with Crippen LogP contribution in [0, 0.1) is 13.8 Å². The molecule has 0 fully saturated rings. The summed E-state index contributed by atoms with van der Waals surface area (Å²) in [6.07, 6.45) is 3.79. The largest absolute Gasteiger partial charge is 0.385 e. The van der Waals surface area contributed by atoms with E-state index in [2.05, 4.69) is 5.32 Å². The number of benzene rings is 1. The molecule has 0 saturated heterocycles. The number of amides is 1. The standard InChI is InChI=1S/C24H29N3O3S2/c1-14-8-5-9-15(2)20(14)25-21(28)16(3)31-24-26-22-19(17-10-6-11-18(17)32-22)23(29)27(24)12-7-13-30-4/h5,8-9,16H,6-7,10-13H2,1-4H3,(H,25,28). The van der Waals surface area contributed by atoms with Crippen LogP contribution in [0.3, 0.4) is 0 Å². The lowest BCUT2D eigenvalue weighted by Crippen LogP contribution is -2.27. The van der Waals surface area contributed by atoms with Crippen molar-refractivity contribution in [2.75, 3.05) is 19.0 Å². The first-order valence-electron chi connectivity index (χ1n) is 11.0. The van der Waals surface area contributed by atoms with E-state index in [4.69, 9.17) is 9.72 Å². The first kappa shape index (κ1) is 23.0. The summed E-state index contributed by atoms with van der Waals surface area (Å²) in [6.45, 7) is 6.92. The molecule has 32 heavy (non-hydrogen) atoms. The van der Waals surface area contributed by atoms with E-state index in [9.17, 15) is 9.59 Å². The number of nitrogens with one attached hydrogen (secondary N) is 1. The number of para-hydroxylation sites is 1. The lowest BCUT2D eigenvalue weighted by molar-refractivity contribution is -0.115.